The van der Waals surface area contributed by atoms with E-state index in [2.05, 4.69) is 25.7 Å². The van der Waals surface area contributed by atoms with Crippen molar-refractivity contribution in [1.29, 1.82) is 0 Å². The number of hydrogen-bond donors (Lipinski definition) is 2. The van der Waals surface area contributed by atoms with Crippen LogP contribution in [0.25, 0.3) is 0 Å². The van der Waals surface area contributed by atoms with Crippen molar-refractivity contribution in [2.75, 3.05) is 13.1 Å². The van der Waals surface area contributed by atoms with E-state index in [1.807, 2.05) is 0 Å². The van der Waals surface area contributed by atoms with E-state index in [0.717, 1.165) is 31.8 Å². The van der Waals surface area contributed by atoms with Crippen LogP contribution in [-0.2, 0) is 0 Å². The molecule has 2 saturated carbocycles. The van der Waals surface area contributed by atoms with Gasteiger partial charge in [0.1, 0.15) is 0 Å². The molecule has 1 saturated heterocycles. The second-order valence-corrected chi connectivity index (χ2v) is 8.64. The Kier molecular flexibility index (Phi) is 3.47. The van der Waals surface area contributed by atoms with Gasteiger partial charge in [-0.05, 0) is 57.3 Å². The second kappa shape index (κ2) is 4.69. The van der Waals surface area contributed by atoms with Gasteiger partial charge in [-0.1, -0.05) is 13.8 Å². The summed E-state index contributed by atoms with van der Waals surface area (Å²) in [7, 11) is 0. The SMILES string of the molecule is CC1CC(O)(C2(CN)CCC(C)(C)CC2)CN1C1CC1. The molecule has 0 spiro atoms. The van der Waals surface area contributed by atoms with Crippen molar-refractivity contribution in [2.45, 2.75) is 83.4 Å². The molecular weight excluding hydrogens is 248 g/mol. The molecule has 0 aromatic rings. The molecule has 0 amide bonds. The lowest BCUT2D eigenvalue weighted by atomic mass is 9.57. The van der Waals surface area contributed by atoms with Gasteiger partial charge in [0.2, 0.25) is 0 Å². The smallest absolute Gasteiger partial charge is 0.0856 e. The molecule has 0 aromatic carbocycles. The van der Waals surface area contributed by atoms with Gasteiger partial charge >= 0.3 is 0 Å². The highest BCUT2D eigenvalue weighted by molar-refractivity contribution is 5.11. The largest absolute Gasteiger partial charge is 0.388 e. The van der Waals surface area contributed by atoms with Crippen LogP contribution in [0.1, 0.15) is 65.7 Å². The van der Waals surface area contributed by atoms with E-state index in [1.54, 1.807) is 0 Å². The minimum absolute atomic E-state index is 0.0412. The average Bonchev–Trinajstić information content (AvgIpc) is 3.16. The summed E-state index contributed by atoms with van der Waals surface area (Å²) in [5, 5.41) is 11.4. The highest BCUT2D eigenvalue weighted by atomic mass is 16.3. The van der Waals surface area contributed by atoms with Crippen molar-refractivity contribution < 1.29 is 5.11 Å². The summed E-state index contributed by atoms with van der Waals surface area (Å²) < 4.78 is 0. The van der Waals surface area contributed by atoms with Crippen LogP contribution in [0.5, 0.6) is 0 Å². The van der Waals surface area contributed by atoms with E-state index in [-0.39, 0.29) is 5.41 Å². The highest BCUT2D eigenvalue weighted by Crippen LogP contribution is 2.54. The van der Waals surface area contributed by atoms with E-state index >= 15 is 0 Å². The van der Waals surface area contributed by atoms with Crippen LogP contribution in [0.15, 0.2) is 0 Å². The van der Waals surface area contributed by atoms with Gasteiger partial charge in [0.05, 0.1) is 5.60 Å². The summed E-state index contributed by atoms with van der Waals surface area (Å²) in [6, 6.07) is 1.26. The molecule has 1 aliphatic heterocycles. The molecule has 3 aliphatic rings. The fourth-order valence-corrected chi connectivity index (χ4v) is 4.67. The lowest BCUT2D eigenvalue weighted by molar-refractivity contribution is -0.104. The lowest BCUT2D eigenvalue weighted by Gasteiger charge is -2.51. The minimum atomic E-state index is -0.555. The zero-order valence-electron chi connectivity index (χ0n) is 13.5. The molecule has 0 aromatic heterocycles. The monoisotopic (exact) mass is 280 g/mol. The summed E-state index contributed by atoms with van der Waals surface area (Å²) in [4.78, 5) is 2.55. The number of nitrogens with zero attached hydrogens (tertiary/aromatic N) is 1. The zero-order chi connectivity index (χ0) is 14.6. The lowest BCUT2D eigenvalue weighted by Crippen LogP contribution is -2.56. The first-order valence-electron chi connectivity index (χ1n) is 8.49. The third kappa shape index (κ3) is 2.32. The van der Waals surface area contributed by atoms with E-state index in [9.17, 15) is 5.11 Å². The highest BCUT2D eigenvalue weighted by Gasteiger charge is 2.57. The number of aliphatic hydroxyl groups is 1. The molecule has 3 fully saturated rings. The van der Waals surface area contributed by atoms with Crippen molar-refractivity contribution >= 4 is 0 Å². The van der Waals surface area contributed by atoms with Crippen molar-refractivity contribution in [1.82, 2.24) is 4.90 Å². The first-order chi connectivity index (χ1) is 9.31. The predicted molar refractivity (Wildman–Crippen MR) is 82.5 cm³/mol. The molecule has 3 rings (SSSR count). The molecule has 0 bridgehead atoms. The van der Waals surface area contributed by atoms with Crippen molar-refractivity contribution in [3.63, 3.8) is 0 Å². The number of nitrogens with two attached hydrogens (primary N) is 1. The molecule has 116 valence electrons. The second-order valence-electron chi connectivity index (χ2n) is 8.64. The number of hydrogen-bond acceptors (Lipinski definition) is 3. The number of likely N-dealkylation sites (tertiary alicyclic amines) is 1. The van der Waals surface area contributed by atoms with Crippen LogP contribution in [0, 0.1) is 10.8 Å². The quantitative estimate of drug-likeness (QED) is 0.835. The van der Waals surface area contributed by atoms with Crippen LogP contribution in [-0.4, -0.2) is 40.8 Å². The van der Waals surface area contributed by atoms with Crippen LogP contribution < -0.4 is 5.73 Å². The Morgan fingerprint density at radius 1 is 1.15 bits per heavy atom. The Balaban J connectivity index is 1.78. The Hall–Kier alpha value is -0.120. The van der Waals surface area contributed by atoms with Gasteiger partial charge in [-0.15, -0.1) is 0 Å². The molecule has 2 aliphatic carbocycles. The summed E-state index contributed by atoms with van der Waals surface area (Å²) in [5.41, 5.74) is 6.03. The maximum Gasteiger partial charge on any atom is 0.0856 e. The minimum Gasteiger partial charge on any atom is -0.388 e. The molecule has 3 heteroatoms. The van der Waals surface area contributed by atoms with E-state index < -0.39 is 5.60 Å². The third-order valence-electron chi connectivity index (χ3n) is 6.60. The molecule has 3 N–H and O–H groups in total. The topological polar surface area (TPSA) is 49.5 Å². The molecule has 3 nitrogen and oxygen atoms in total. The van der Waals surface area contributed by atoms with Crippen LogP contribution in [0.3, 0.4) is 0 Å². The van der Waals surface area contributed by atoms with Gasteiger partial charge in [0.15, 0.2) is 0 Å². The van der Waals surface area contributed by atoms with Gasteiger partial charge in [-0.3, -0.25) is 4.90 Å². The van der Waals surface area contributed by atoms with Crippen molar-refractivity contribution in [3.8, 4) is 0 Å². The van der Waals surface area contributed by atoms with Gasteiger partial charge in [-0.25, -0.2) is 0 Å². The van der Waals surface area contributed by atoms with Crippen LogP contribution in [0.2, 0.25) is 0 Å². The fraction of sp³-hybridized carbons (Fsp3) is 1.00. The average molecular weight is 280 g/mol. The molecule has 2 unspecified atom stereocenters. The molecule has 1 heterocycles. The maximum absolute atomic E-state index is 11.4. The number of β-amino-alcohol motifs (C(OH)–C–C–N with tert-alkyl or cyclic N) is 1. The molecular formula is C17H32N2O. The summed E-state index contributed by atoms with van der Waals surface area (Å²) in [5.74, 6) is 0. The standard InChI is InChI=1S/C17H32N2O/c1-13-10-17(20,12-19(13)14-4-5-14)16(11-18)8-6-15(2,3)7-9-16/h13-14,20H,4-12,18H2,1-3H3. The van der Waals surface area contributed by atoms with Gasteiger partial charge in [-0.2, -0.15) is 0 Å². The van der Waals surface area contributed by atoms with Gasteiger partial charge in [0.25, 0.3) is 0 Å². The third-order valence-corrected chi connectivity index (χ3v) is 6.60. The molecule has 2 atom stereocenters. The summed E-state index contributed by atoms with van der Waals surface area (Å²) >= 11 is 0. The van der Waals surface area contributed by atoms with E-state index in [0.29, 0.717) is 18.0 Å². The predicted octanol–water partition coefficient (Wildman–Crippen LogP) is 2.52. The number of rotatable bonds is 3. The first-order valence-corrected chi connectivity index (χ1v) is 8.49. The maximum atomic E-state index is 11.4. The first kappa shape index (κ1) is 14.8. The summed E-state index contributed by atoms with van der Waals surface area (Å²) in [6.07, 6.45) is 8.15. The fourth-order valence-electron chi connectivity index (χ4n) is 4.67. The Morgan fingerprint density at radius 3 is 2.25 bits per heavy atom. The van der Waals surface area contributed by atoms with E-state index in [4.69, 9.17) is 5.73 Å². The van der Waals surface area contributed by atoms with E-state index in [1.165, 1.54) is 25.7 Å². The Bertz CT molecular complexity index is 367. The van der Waals surface area contributed by atoms with Crippen molar-refractivity contribution in [3.05, 3.63) is 0 Å². The Morgan fingerprint density at radius 2 is 1.75 bits per heavy atom. The zero-order valence-corrected chi connectivity index (χ0v) is 13.5. The van der Waals surface area contributed by atoms with Crippen LogP contribution >= 0.6 is 0 Å². The molecule has 20 heavy (non-hydrogen) atoms. The Labute approximate surface area is 123 Å². The molecule has 0 radical (unpaired) electrons. The van der Waals surface area contributed by atoms with Gasteiger partial charge < -0.3 is 10.8 Å². The van der Waals surface area contributed by atoms with Crippen molar-refractivity contribution in [2.24, 2.45) is 16.6 Å². The normalized spacial score (nSPS) is 41.0. The summed E-state index contributed by atoms with van der Waals surface area (Å²) in [6.45, 7) is 8.49. The van der Waals surface area contributed by atoms with Crippen LogP contribution in [0.4, 0.5) is 0 Å². The van der Waals surface area contributed by atoms with Gasteiger partial charge in [0, 0.05) is 30.6 Å².